The van der Waals surface area contributed by atoms with Crippen molar-refractivity contribution in [2.24, 2.45) is 0 Å². The molecule has 0 aliphatic rings. The van der Waals surface area contributed by atoms with E-state index in [9.17, 15) is 0 Å². The maximum absolute atomic E-state index is 9.02. The van der Waals surface area contributed by atoms with E-state index in [-0.39, 0.29) is 17.6 Å². The molecule has 0 aromatic carbocycles. The van der Waals surface area contributed by atoms with Crippen molar-refractivity contribution in [3.63, 3.8) is 0 Å². The highest BCUT2D eigenvalue weighted by molar-refractivity contribution is 7.10. The summed E-state index contributed by atoms with van der Waals surface area (Å²) < 4.78 is 0. The zero-order chi connectivity index (χ0) is 13.1. The Kier molecular flexibility index (Phi) is 4.76. The molecule has 0 atom stereocenters. The highest BCUT2D eigenvalue weighted by Crippen LogP contribution is 2.31. The van der Waals surface area contributed by atoms with Gasteiger partial charge in [-0.25, -0.2) is 0 Å². The van der Waals surface area contributed by atoms with E-state index in [1.807, 2.05) is 11.3 Å². The van der Waals surface area contributed by atoms with Crippen molar-refractivity contribution in [1.82, 2.24) is 5.32 Å². The molecule has 0 unspecified atom stereocenters. The Morgan fingerprint density at radius 2 is 1.94 bits per heavy atom. The highest BCUT2D eigenvalue weighted by atomic mass is 32.1. The van der Waals surface area contributed by atoms with Gasteiger partial charge >= 0.3 is 0 Å². The summed E-state index contributed by atoms with van der Waals surface area (Å²) in [6, 6.07) is 2.18. The van der Waals surface area contributed by atoms with Crippen LogP contribution in [0.25, 0.3) is 0 Å². The molecule has 0 fully saturated rings. The van der Waals surface area contributed by atoms with E-state index >= 15 is 0 Å². The normalized spacial score (nSPS) is 13.1. The van der Waals surface area contributed by atoms with Gasteiger partial charge in [-0.15, -0.1) is 11.3 Å². The predicted octanol–water partition coefficient (Wildman–Crippen LogP) is 3.08. The molecule has 0 bridgehead atoms. The van der Waals surface area contributed by atoms with Gasteiger partial charge < -0.3 is 10.4 Å². The van der Waals surface area contributed by atoms with Gasteiger partial charge in [0, 0.05) is 29.0 Å². The van der Waals surface area contributed by atoms with Crippen LogP contribution in [-0.2, 0) is 5.41 Å². The zero-order valence-electron chi connectivity index (χ0n) is 11.6. The van der Waals surface area contributed by atoms with E-state index in [0.717, 1.165) is 13.0 Å². The monoisotopic (exact) mass is 255 g/mol. The van der Waals surface area contributed by atoms with Crippen LogP contribution in [0.4, 0.5) is 0 Å². The molecule has 1 rings (SSSR count). The molecule has 2 N–H and O–H groups in total. The fourth-order valence-electron chi connectivity index (χ4n) is 1.97. The van der Waals surface area contributed by atoms with Crippen molar-refractivity contribution < 1.29 is 5.11 Å². The Labute approximate surface area is 109 Å². The van der Waals surface area contributed by atoms with Gasteiger partial charge in [-0.3, -0.25) is 0 Å². The minimum Gasteiger partial charge on any atom is -0.396 e. The smallest absolute Gasteiger partial charge is 0.0448 e. The van der Waals surface area contributed by atoms with E-state index in [0.29, 0.717) is 0 Å². The first kappa shape index (κ1) is 14.7. The lowest BCUT2D eigenvalue weighted by molar-refractivity contribution is 0.224. The maximum atomic E-state index is 9.02. The van der Waals surface area contributed by atoms with Crippen molar-refractivity contribution in [3.8, 4) is 0 Å². The molecular formula is C14H25NOS. The van der Waals surface area contributed by atoms with E-state index in [2.05, 4.69) is 51.4 Å². The average Bonchev–Trinajstić information content (AvgIpc) is 2.63. The van der Waals surface area contributed by atoms with Crippen LogP contribution in [0.2, 0.25) is 0 Å². The first-order chi connectivity index (χ1) is 7.78. The van der Waals surface area contributed by atoms with Gasteiger partial charge in [-0.05, 0) is 44.2 Å². The Morgan fingerprint density at radius 1 is 1.29 bits per heavy atom. The SMILES string of the molecule is Cc1ccsc1C(C)(C)CNC(C)(C)CCO. The second-order valence-corrected chi connectivity index (χ2v) is 6.94. The lowest BCUT2D eigenvalue weighted by Crippen LogP contribution is -2.46. The lowest BCUT2D eigenvalue weighted by atomic mass is 9.87. The molecule has 0 radical (unpaired) electrons. The summed E-state index contributed by atoms with van der Waals surface area (Å²) >= 11 is 1.83. The quantitative estimate of drug-likeness (QED) is 0.819. The van der Waals surface area contributed by atoms with Crippen molar-refractivity contribution in [1.29, 1.82) is 0 Å². The third kappa shape index (κ3) is 4.09. The number of thiophene rings is 1. The number of aliphatic hydroxyl groups excluding tert-OH is 1. The number of nitrogens with one attached hydrogen (secondary N) is 1. The molecule has 0 aliphatic heterocycles. The number of hydrogen-bond acceptors (Lipinski definition) is 3. The van der Waals surface area contributed by atoms with E-state index in [4.69, 9.17) is 5.11 Å². The van der Waals surface area contributed by atoms with E-state index in [1.165, 1.54) is 10.4 Å². The third-order valence-electron chi connectivity index (χ3n) is 3.22. The fourth-order valence-corrected chi connectivity index (χ4v) is 3.03. The van der Waals surface area contributed by atoms with Crippen LogP contribution in [0.5, 0.6) is 0 Å². The largest absolute Gasteiger partial charge is 0.396 e. The number of rotatable bonds is 6. The summed E-state index contributed by atoms with van der Waals surface area (Å²) in [5, 5.41) is 14.7. The molecule has 3 heteroatoms. The molecule has 0 saturated carbocycles. The Hall–Kier alpha value is -0.380. The van der Waals surface area contributed by atoms with Crippen molar-refractivity contribution in [3.05, 3.63) is 21.9 Å². The van der Waals surface area contributed by atoms with Crippen LogP contribution in [0.1, 0.15) is 44.6 Å². The van der Waals surface area contributed by atoms with Crippen molar-refractivity contribution in [2.45, 2.75) is 52.0 Å². The first-order valence-corrected chi connectivity index (χ1v) is 7.07. The minimum atomic E-state index is -0.00279. The summed E-state index contributed by atoms with van der Waals surface area (Å²) in [7, 11) is 0. The summed E-state index contributed by atoms with van der Waals surface area (Å²) in [6.07, 6.45) is 0.784. The third-order valence-corrected chi connectivity index (χ3v) is 4.60. The molecule has 17 heavy (non-hydrogen) atoms. The van der Waals surface area contributed by atoms with Crippen LogP contribution in [0.15, 0.2) is 11.4 Å². The van der Waals surface area contributed by atoms with E-state index < -0.39 is 0 Å². The van der Waals surface area contributed by atoms with Gasteiger partial charge in [0.25, 0.3) is 0 Å². The van der Waals surface area contributed by atoms with Gasteiger partial charge in [-0.1, -0.05) is 13.8 Å². The van der Waals surface area contributed by atoms with Crippen molar-refractivity contribution in [2.75, 3.05) is 13.2 Å². The molecule has 0 amide bonds. The first-order valence-electron chi connectivity index (χ1n) is 6.19. The summed E-state index contributed by atoms with van der Waals surface area (Å²) in [4.78, 5) is 1.45. The van der Waals surface area contributed by atoms with Gasteiger partial charge in [0.15, 0.2) is 0 Å². The molecule has 0 aliphatic carbocycles. The maximum Gasteiger partial charge on any atom is 0.0448 e. The zero-order valence-corrected chi connectivity index (χ0v) is 12.4. The topological polar surface area (TPSA) is 32.3 Å². The Morgan fingerprint density at radius 3 is 2.41 bits per heavy atom. The number of aliphatic hydroxyl groups is 1. The van der Waals surface area contributed by atoms with Gasteiger partial charge in [0.1, 0.15) is 0 Å². The second kappa shape index (κ2) is 5.51. The predicted molar refractivity (Wildman–Crippen MR) is 75.9 cm³/mol. The molecule has 1 aromatic heterocycles. The lowest BCUT2D eigenvalue weighted by Gasteiger charge is -2.32. The van der Waals surface area contributed by atoms with Gasteiger partial charge in [0.05, 0.1) is 0 Å². The molecule has 0 spiro atoms. The van der Waals surface area contributed by atoms with Crippen LogP contribution in [-0.4, -0.2) is 23.8 Å². The summed E-state index contributed by atoms with van der Waals surface area (Å²) in [6.45, 7) is 12.2. The molecular weight excluding hydrogens is 230 g/mol. The van der Waals surface area contributed by atoms with Crippen LogP contribution >= 0.6 is 11.3 Å². The molecule has 98 valence electrons. The van der Waals surface area contributed by atoms with Gasteiger partial charge in [-0.2, -0.15) is 0 Å². The summed E-state index contributed by atoms with van der Waals surface area (Å²) in [5.41, 5.74) is 1.52. The minimum absolute atomic E-state index is 0.00279. The Bertz CT molecular complexity index is 355. The van der Waals surface area contributed by atoms with Gasteiger partial charge in [0.2, 0.25) is 0 Å². The molecule has 1 aromatic rings. The molecule has 2 nitrogen and oxygen atoms in total. The molecule has 0 saturated heterocycles. The van der Waals surface area contributed by atoms with Crippen LogP contribution < -0.4 is 5.32 Å². The number of aryl methyl sites for hydroxylation is 1. The van der Waals surface area contributed by atoms with Crippen LogP contribution in [0, 0.1) is 6.92 Å². The highest BCUT2D eigenvalue weighted by Gasteiger charge is 2.26. The average molecular weight is 255 g/mol. The summed E-state index contributed by atoms with van der Waals surface area (Å²) in [5.74, 6) is 0. The standard InChI is InChI=1S/C14H25NOS/c1-11-6-9-17-12(11)13(2,3)10-15-14(4,5)7-8-16/h6,9,15-16H,7-8,10H2,1-5H3. The number of hydrogen-bond donors (Lipinski definition) is 2. The van der Waals surface area contributed by atoms with E-state index in [1.54, 1.807) is 0 Å². The second-order valence-electron chi connectivity index (χ2n) is 6.03. The Balaban J connectivity index is 2.65. The molecule has 1 heterocycles. The van der Waals surface area contributed by atoms with Crippen molar-refractivity contribution >= 4 is 11.3 Å². The van der Waals surface area contributed by atoms with Crippen LogP contribution in [0.3, 0.4) is 0 Å². The fraction of sp³-hybridized carbons (Fsp3) is 0.714.